The highest BCUT2D eigenvalue weighted by Crippen LogP contribution is 2.44. The first-order valence-corrected chi connectivity index (χ1v) is 12.0. The number of hydrazone groups is 1. The zero-order valence-corrected chi connectivity index (χ0v) is 17.6. The lowest BCUT2D eigenvalue weighted by Crippen LogP contribution is -2.43. The summed E-state index contributed by atoms with van der Waals surface area (Å²) in [4.78, 5) is 4.90. The molecule has 2 aliphatic heterocycles. The van der Waals surface area contributed by atoms with Crippen LogP contribution in [0.2, 0.25) is 0 Å². The molecule has 2 heterocycles. The van der Waals surface area contributed by atoms with Crippen LogP contribution in [0.1, 0.15) is 48.0 Å². The number of hydrogen-bond acceptors (Lipinski definition) is 6. The molecular weight excluding hydrogens is 396 g/mol. The van der Waals surface area contributed by atoms with Crippen LogP contribution in [0.3, 0.4) is 0 Å². The van der Waals surface area contributed by atoms with Crippen molar-refractivity contribution in [3.63, 3.8) is 0 Å². The molecule has 2 atom stereocenters. The van der Waals surface area contributed by atoms with Gasteiger partial charge in [-0.2, -0.15) is 5.10 Å². The summed E-state index contributed by atoms with van der Waals surface area (Å²) < 4.78 is 24.1. The summed E-state index contributed by atoms with van der Waals surface area (Å²) in [5, 5.41) is 6.24. The maximum atomic E-state index is 12.1. The predicted octanol–water partition coefficient (Wildman–Crippen LogP) is 3.45. The van der Waals surface area contributed by atoms with Crippen molar-refractivity contribution in [2.45, 2.75) is 36.9 Å². The molecule has 154 valence electrons. The molecule has 7 heteroatoms. The minimum Gasteiger partial charge on any atom is -0.321 e. The van der Waals surface area contributed by atoms with E-state index in [1.54, 1.807) is 11.1 Å². The molecule has 0 bridgehead atoms. The topological polar surface area (TPSA) is 88.1 Å². The summed E-state index contributed by atoms with van der Waals surface area (Å²) in [6.45, 7) is 0. The van der Waals surface area contributed by atoms with Crippen LogP contribution in [0.4, 0.5) is 0 Å². The maximum Gasteiger partial charge on any atom is 0.194 e. The van der Waals surface area contributed by atoms with Gasteiger partial charge in [0.15, 0.2) is 14.9 Å². The average molecular weight is 421 g/mol. The van der Waals surface area contributed by atoms with Crippen LogP contribution in [-0.2, 0) is 15.4 Å². The second-order valence-electron chi connectivity index (χ2n) is 8.31. The van der Waals surface area contributed by atoms with Crippen LogP contribution >= 0.6 is 0 Å². The summed E-state index contributed by atoms with van der Waals surface area (Å²) in [5.41, 5.74) is 9.53. The van der Waals surface area contributed by atoms with Crippen LogP contribution in [0.15, 0.2) is 76.8 Å². The van der Waals surface area contributed by atoms with Gasteiger partial charge in [-0.1, -0.05) is 54.6 Å². The number of nitrogens with zero attached hydrogens (tertiary/aromatic N) is 3. The third-order valence-electron chi connectivity index (χ3n) is 6.24. The van der Waals surface area contributed by atoms with E-state index in [0.717, 1.165) is 29.5 Å². The Morgan fingerprint density at radius 1 is 1.00 bits per heavy atom. The van der Waals surface area contributed by atoms with Gasteiger partial charge in [0.1, 0.15) is 17.9 Å². The van der Waals surface area contributed by atoms with Crippen molar-refractivity contribution in [2.75, 3.05) is 6.26 Å². The smallest absolute Gasteiger partial charge is 0.194 e. The van der Waals surface area contributed by atoms with Gasteiger partial charge in [0.2, 0.25) is 0 Å². The number of aliphatic imine (C=N–C) groups is 1. The maximum absolute atomic E-state index is 12.1. The van der Waals surface area contributed by atoms with E-state index < -0.39 is 9.84 Å². The number of nitrogens with two attached hydrogens (primary N) is 1. The summed E-state index contributed by atoms with van der Waals surface area (Å²) in [7, 11) is -3.42. The fourth-order valence-corrected chi connectivity index (χ4v) is 4.91. The third-order valence-corrected chi connectivity index (χ3v) is 7.22. The van der Waals surface area contributed by atoms with Crippen molar-refractivity contribution in [3.8, 4) is 0 Å². The zero-order valence-electron chi connectivity index (χ0n) is 16.8. The number of benzene rings is 2. The molecule has 1 saturated carbocycles. The largest absolute Gasteiger partial charge is 0.321 e. The van der Waals surface area contributed by atoms with Gasteiger partial charge in [-0.15, -0.1) is 0 Å². The van der Waals surface area contributed by atoms with Crippen molar-refractivity contribution < 1.29 is 8.42 Å². The van der Waals surface area contributed by atoms with Gasteiger partial charge in [0.25, 0.3) is 0 Å². The molecule has 1 fully saturated rings. The lowest BCUT2D eigenvalue weighted by molar-refractivity contribution is 0.253. The number of fused-ring (bicyclic) bond motifs is 1. The Morgan fingerprint density at radius 2 is 1.70 bits per heavy atom. The Hall–Kier alpha value is -2.77. The van der Waals surface area contributed by atoms with Gasteiger partial charge in [-0.05, 0) is 48.1 Å². The van der Waals surface area contributed by atoms with Gasteiger partial charge in [0.05, 0.1) is 0 Å². The van der Waals surface area contributed by atoms with Crippen molar-refractivity contribution >= 4 is 20.7 Å². The second-order valence-corrected chi connectivity index (χ2v) is 10.3. The Morgan fingerprint density at radius 3 is 2.30 bits per heavy atom. The van der Waals surface area contributed by atoms with Gasteiger partial charge in [-0.25, -0.2) is 13.4 Å². The van der Waals surface area contributed by atoms with Crippen LogP contribution in [0, 0.1) is 0 Å². The molecular formula is C23H24N4O2S. The highest BCUT2D eigenvalue weighted by molar-refractivity contribution is 8.06. The fourth-order valence-electron chi connectivity index (χ4n) is 4.35. The molecule has 5 rings (SSSR count). The number of amidine groups is 1. The van der Waals surface area contributed by atoms with E-state index in [1.807, 2.05) is 30.3 Å². The van der Waals surface area contributed by atoms with E-state index in [9.17, 15) is 8.42 Å². The molecule has 6 nitrogen and oxygen atoms in total. The fraction of sp³-hybridized carbons (Fsp3) is 0.304. The van der Waals surface area contributed by atoms with Gasteiger partial charge in [0, 0.05) is 11.8 Å². The molecule has 3 aliphatic rings. The van der Waals surface area contributed by atoms with Crippen LogP contribution < -0.4 is 5.73 Å². The SMILES string of the molecule is CS(=O)(=O)C1=NN2C(=NC(c3ccc(C4(N)CCC4)cc3)C2c2ccccc2)C=C1. The number of rotatable bonds is 3. The normalized spacial score (nSPS) is 24.7. The summed E-state index contributed by atoms with van der Waals surface area (Å²) in [5.74, 6) is 0.666. The van der Waals surface area contributed by atoms with Gasteiger partial charge >= 0.3 is 0 Å². The van der Waals surface area contributed by atoms with E-state index >= 15 is 0 Å². The molecule has 0 aromatic heterocycles. The number of hydrogen-bond donors (Lipinski definition) is 1. The first kappa shape index (κ1) is 19.2. The Balaban J connectivity index is 1.55. The number of sulfone groups is 1. The Labute approximate surface area is 176 Å². The first-order chi connectivity index (χ1) is 14.4. The zero-order chi connectivity index (χ0) is 20.9. The third kappa shape index (κ3) is 3.18. The highest BCUT2D eigenvalue weighted by Gasteiger charge is 2.40. The molecule has 2 aromatic carbocycles. The van der Waals surface area contributed by atoms with Crippen molar-refractivity contribution in [3.05, 3.63) is 83.4 Å². The van der Waals surface area contributed by atoms with E-state index in [0.29, 0.717) is 5.84 Å². The Bertz CT molecular complexity index is 1160. The summed E-state index contributed by atoms with van der Waals surface area (Å²) >= 11 is 0. The van der Waals surface area contributed by atoms with Crippen molar-refractivity contribution in [1.29, 1.82) is 0 Å². The minimum atomic E-state index is -3.42. The first-order valence-electron chi connectivity index (χ1n) is 10.1. The van der Waals surface area contributed by atoms with E-state index in [1.165, 1.54) is 18.8 Å². The monoisotopic (exact) mass is 420 g/mol. The van der Waals surface area contributed by atoms with Gasteiger partial charge < -0.3 is 5.73 Å². The second kappa shape index (κ2) is 6.89. The van der Waals surface area contributed by atoms with Crippen LogP contribution in [0.25, 0.3) is 0 Å². The predicted molar refractivity (Wildman–Crippen MR) is 119 cm³/mol. The highest BCUT2D eigenvalue weighted by atomic mass is 32.2. The molecule has 2 N–H and O–H groups in total. The Kier molecular flexibility index (Phi) is 4.41. The molecule has 0 amide bonds. The molecule has 2 unspecified atom stereocenters. The summed E-state index contributed by atoms with van der Waals surface area (Å²) in [6, 6.07) is 18.0. The van der Waals surface area contributed by atoms with Crippen molar-refractivity contribution in [1.82, 2.24) is 5.01 Å². The van der Waals surface area contributed by atoms with Crippen molar-refractivity contribution in [2.24, 2.45) is 15.8 Å². The molecule has 1 aliphatic carbocycles. The van der Waals surface area contributed by atoms with Crippen LogP contribution in [0.5, 0.6) is 0 Å². The van der Waals surface area contributed by atoms with Gasteiger partial charge in [-0.3, -0.25) is 4.99 Å². The molecule has 0 spiro atoms. The molecule has 2 aromatic rings. The molecule has 30 heavy (non-hydrogen) atoms. The van der Waals surface area contributed by atoms with E-state index in [4.69, 9.17) is 10.7 Å². The summed E-state index contributed by atoms with van der Waals surface area (Å²) in [6.07, 6.45) is 7.64. The van der Waals surface area contributed by atoms with E-state index in [2.05, 4.69) is 29.4 Å². The molecule has 0 radical (unpaired) electrons. The quantitative estimate of drug-likeness (QED) is 0.824. The minimum absolute atomic E-state index is 0.0495. The standard InChI is InChI=1S/C23H24N4O2S/c1-30(28,29)20-13-12-19-25-21(22(27(19)26-20)17-6-3-2-4-7-17)16-8-10-18(11-9-16)23(24)14-5-15-23/h2-4,6-13,21-22H,5,14-15,24H2,1H3. The lowest BCUT2D eigenvalue weighted by Gasteiger charge is -2.38. The van der Waals surface area contributed by atoms with Crippen LogP contribution in [-0.4, -0.2) is 30.6 Å². The lowest BCUT2D eigenvalue weighted by atomic mass is 9.72. The molecule has 0 saturated heterocycles. The average Bonchev–Trinajstić information content (AvgIpc) is 3.11. The van der Waals surface area contributed by atoms with E-state index in [-0.39, 0.29) is 22.7 Å².